The molecule has 0 radical (unpaired) electrons. The number of H-pyrrole nitrogens is 2. The fourth-order valence-electron chi connectivity index (χ4n) is 3.67. The lowest BCUT2D eigenvalue weighted by atomic mass is 10.0. The van der Waals surface area contributed by atoms with Crippen molar-refractivity contribution in [3.8, 4) is 11.5 Å². The number of fused-ring (bicyclic) bond motifs is 2. The average molecular weight is 339 g/mol. The zero-order chi connectivity index (χ0) is 16.8. The lowest BCUT2D eigenvalue weighted by Crippen LogP contribution is -2.28. The van der Waals surface area contributed by atoms with Gasteiger partial charge in [-0.3, -0.25) is 14.9 Å². The van der Waals surface area contributed by atoms with Gasteiger partial charge in [-0.15, -0.1) is 0 Å². The molecule has 8 heteroatoms. The van der Waals surface area contributed by atoms with Crippen LogP contribution in [0.15, 0.2) is 29.2 Å². The molecule has 0 bridgehead atoms. The maximum atomic E-state index is 12.3. The summed E-state index contributed by atoms with van der Waals surface area (Å²) in [6.07, 6.45) is 3.47. The zero-order valence-corrected chi connectivity index (χ0v) is 13.5. The lowest BCUT2D eigenvalue weighted by molar-refractivity contribution is 0.169. The van der Waals surface area contributed by atoms with Crippen molar-refractivity contribution in [1.82, 2.24) is 20.2 Å². The van der Waals surface area contributed by atoms with Crippen molar-refractivity contribution in [1.29, 1.82) is 0 Å². The van der Waals surface area contributed by atoms with Crippen LogP contribution >= 0.6 is 0 Å². The van der Waals surface area contributed by atoms with Gasteiger partial charge in [0.15, 0.2) is 17.1 Å². The average Bonchev–Trinajstić information content (AvgIpc) is 3.30. The van der Waals surface area contributed by atoms with Crippen LogP contribution in [0.1, 0.15) is 24.4 Å². The summed E-state index contributed by atoms with van der Waals surface area (Å²) in [4.78, 5) is 21.8. The van der Waals surface area contributed by atoms with Gasteiger partial charge in [0.05, 0.1) is 12.2 Å². The van der Waals surface area contributed by atoms with Crippen LogP contribution in [0.3, 0.4) is 0 Å². The molecule has 0 amide bonds. The summed E-state index contributed by atoms with van der Waals surface area (Å²) in [5.74, 6) is 2.13. The Morgan fingerprint density at radius 1 is 1.24 bits per heavy atom. The highest BCUT2D eigenvalue weighted by Crippen LogP contribution is 2.43. The smallest absolute Gasteiger partial charge is 0.263 e. The van der Waals surface area contributed by atoms with Crippen molar-refractivity contribution < 1.29 is 9.47 Å². The first-order chi connectivity index (χ1) is 12.3. The number of aromatic nitrogens is 4. The summed E-state index contributed by atoms with van der Waals surface area (Å²) >= 11 is 0. The van der Waals surface area contributed by atoms with Gasteiger partial charge in [-0.2, -0.15) is 10.1 Å². The fraction of sp³-hybridized carbons (Fsp3) is 0.353. The Labute approximate surface area is 142 Å². The first-order valence-corrected chi connectivity index (χ1v) is 8.40. The van der Waals surface area contributed by atoms with Gasteiger partial charge >= 0.3 is 0 Å². The molecule has 0 aliphatic carbocycles. The molecule has 128 valence electrons. The highest BCUT2D eigenvalue weighted by molar-refractivity contribution is 5.73. The standard InChI is InChI=1S/C17H17N5O3/c23-16-11-9-18-21-15(11)19-17(20-16)22-6-2-4-12(22)10-3-1-5-13-14(10)25-8-7-24-13/h1,3,5,9,12H,2,4,6-8H2,(H2,18,19,20,21,23). The number of hydrogen-bond donors (Lipinski definition) is 2. The van der Waals surface area contributed by atoms with Crippen molar-refractivity contribution >= 4 is 17.0 Å². The number of nitrogens with one attached hydrogen (secondary N) is 2. The number of rotatable bonds is 2. The quantitative estimate of drug-likeness (QED) is 0.738. The van der Waals surface area contributed by atoms with Gasteiger partial charge in [-0.25, -0.2) is 0 Å². The molecule has 2 aliphatic heterocycles. The van der Waals surface area contributed by atoms with Gasteiger partial charge in [0, 0.05) is 12.1 Å². The van der Waals surface area contributed by atoms with Gasteiger partial charge in [0.1, 0.15) is 18.6 Å². The maximum absolute atomic E-state index is 12.3. The first-order valence-electron chi connectivity index (χ1n) is 8.40. The second-order valence-corrected chi connectivity index (χ2v) is 6.24. The van der Waals surface area contributed by atoms with Crippen LogP contribution < -0.4 is 19.9 Å². The number of nitrogens with zero attached hydrogens (tertiary/aromatic N) is 3. The molecule has 1 saturated heterocycles. The third kappa shape index (κ3) is 2.25. The topological polar surface area (TPSA) is 96.1 Å². The number of aromatic amines is 2. The van der Waals surface area contributed by atoms with E-state index >= 15 is 0 Å². The van der Waals surface area contributed by atoms with E-state index in [2.05, 4.69) is 31.1 Å². The molecule has 2 aromatic heterocycles. The first kappa shape index (κ1) is 14.3. The van der Waals surface area contributed by atoms with Crippen LogP contribution in [0.4, 0.5) is 5.95 Å². The predicted molar refractivity (Wildman–Crippen MR) is 91.3 cm³/mol. The van der Waals surface area contributed by atoms with E-state index in [0.29, 0.717) is 30.2 Å². The van der Waals surface area contributed by atoms with Gasteiger partial charge in [0.25, 0.3) is 5.56 Å². The Hall–Kier alpha value is -3.03. The van der Waals surface area contributed by atoms with Crippen molar-refractivity contribution in [2.24, 2.45) is 0 Å². The van der Waals surface area contributed by atoms with Crippen LogP contribution in [-0.2, 0) is 0 Å². The highest BCUT2D eigenvalue weighted by atomic mass is 16.6. The van der Waals surface area contributed by atoms with Gasteiger partial charge in [0.2, 0.25) is 5.95 Å². The van der Waals surface area contributed by atoms with Crippen molar-refractivity contribution in [2.75, 3.05) is 24.7 Å². The minimum Gasteiger partial charge on any atom is -0.486 e. The molecular formula is C17H17N5O3. The molecule has 1 fully saturated rings. The minimum atomic E-state index is -0.186. The van der Waals surface area contributed by atoms with Crippen LogP contribution in [0.2, 0.25) is 0 Å². The van der Waals surface area contributed by atoms with Crippen LogP contribution in [-0.4, -0.2) is 39.9 Å². The molecule has 2 N–H and O–H groups in total. The lowest BCUT2D eigenvalue weighted by Gasteiger charge is -2.29. The van der Waals surface area contributed by atoms with E-state index in [1.165, 1.54) is 6.20 Å². The van der Waals surface area contributed by atoms with Crippen molar-refractivity contribution in [3.63, 3.8) is 0 Å². The predicted octanol–water partition coefficient (Wildman–Crippen LogP) is 1.76. The summed E-state index contributed by atoms with van der Waals surface area (Å²) in [7, 11) is 0. The van der Waals surface area contributed by atoms with E-state index in [1.54, 1.807) is 0 Å². The van der Waals surface area contributed by atoms with E-state index in [1.807, 2.05) is 12.1 Å². The second-order valence-electron chi connectivity index (χ2n) is 6.24. The molecule has 3 aromatic rings. The summed E-state index contributed by atoms with van der Waals surface area (Å²) in [5, 5.41) is 7.14. The number of ether oxygens (including phenoxy) is 2. The molecule has 5 rings (SSSR count). The Balaban J connectivity index is 1.59. The SMILES string of the molecule is O=c1[nH]c(N2CCCC2c2cccc3c2OCCO3)nc2[nH]ncc12. The Kier molecular flexibility index (Phi) is 3.16. The normalized spacial score (nSPS) is 19.5. The molecule has 25 heavy (non-hydrogen) atoms. The summed E-state index contributed by atoms with van der Waals surface area (Å²) in [5.41, 5.74) is 1.38. The Morgan fingerprint density at radius 3 is 3.12 bits per heavy atom. The van der Waals surface area contributed by atoms with E-state index in [0.717, 1.165) is 36.4 Å². The monoisotopic (exact) mass is 339 g/mol. The number of hydrogen-bond acceptors (Lipinski definition) is 6. The Morgan fingerprint density at radius 2 is 2.16 bits per heavy atom. The third-order valence-corrected chi connectivity index (χ3v) is 4.79. The number of benzene rings is 1. The van der Waals surface area contributed by atoms with Crippen LogP contribution in [0, 0.1) is 0 Å². The molecule has 0 saturated carbocycles. The third-order valence-electron chi connectivity index (χ3n) is 4.79. The molecule has 1 unspecified atom stereocenters. The summed E-state index contributed by atoms with van der Waals surface area (Å²) < 4.78 is 11.6. The largest absolute Gasteiger partial charge is 0.486 e. The summed E-state index contributed by atoms with van der Waals surface area (Å²) in [6.45, 7) is 1.93. The summed E-state index contributed by atoms with van der Waals surface area (Å²) in [6, 6.07) is 6.05. The van der Waals surface area contributed by atoms with Gasteiger partial charge in [-0.05, 0) is 18.9 Å². The second kappa shape index (κ2) is 5.51. The molecule has 1 atom stereocenters. The van der Waals surface area contributed by atoms with E-state index in [4.69, 9.17) is 9.47 Å². The molecule has 2 aliphatic rings. The zero-order valence-electron chi connectivity index (χ0n) is 13.5. The Bertz CT molecular complexity index is 995. The molecule has 0 spiro atoms. The molecule has 8 nitrogen and oxygen atoms in total. The molecule has 4 heterocycles. The minimum absolute atomic E-state index is 0.0835. The van der Waals surface area contributed by atoms with E-state index in [9.17, 15) is 4.79 Å². The fourth-order valence-corrected chi connectivity index (χ4v) is 3.67. The number of anilines is 1. The van der Waals surface area contributed by atoms with Crippen molar-refractivity contribution in [3.05, 3.63) is 40.3 Å². The van der Waals surface area contributed by atoms with Gasteiger partial charge < -0.3 is 14.4 Å². The maximum Gasteiger partial charge on any atom is 0.263 e. The van der Waals surface area contributed by atoms with E-state index < -0.39 is 0 Å². The van der Waals surface area contributed by atoms with E-state index in [-0.39, 0.29) is 11.6 Å². The molecular weight excluding hydrogens is 322 g/mol. The van der Waals surface area contributed by atoms with Crippen LogP contribution in [0.25, 0.3) is 11.0 Å². The van der Waals surface area contributed by atoms with Crippen LogP contribution in [0.5, 0.6) is 11.5 Å². The van der Waals surface area contributed by atoms with Crippen molar-refractivity contribution in [2.45, 2.75) is 18.9 Å². The van der Waals surface area contributed by atoms with Gasteiger partial charge in [-0.1, -0.05) is 12.1 Å². The number of para-hydroxylation sites is 1. The highest BCUT2D eigenvalue weighted by Gasteiger charge is 2.32. The molecule has 1 aromatic carbocycles.